The average Bonchev–Trinajstić information content (AvgIpc) is 2.54. The predicted octanol–water partition coefficient (Wildman–Crippen LogP) is 2.41. The number of carbonyl (C=O) groups is 1. The number of amides is 1. The molecule has 0 bridgehead atoms. The van der Waals surface area contributed by atoms with Gasteiger partial charge in [0.2, 0.25) is 5.91 Å². The molecule has 1 rings (SSSR count). The van der Waals surface area contributed by atoms with Crippen molar-refractivity contribution in [3.8, 4) is 5.75 Å². The quantitative estimate of drug-likeness (QED) is 0.354. The number of nitrogens with zero attached hydrogens (tertiary/aromatic N) is 2. The third-order valence-corrected chi connectivity index (χ3v) is 3.40. The first kappa shape index (κ1) is 23.5. The molecule has 0 saturated carbocycles. The van der Waals surface area contributed by atoms with Crippen LogP contribution in [-0.4, -0.2) is 56.6 Å². The Balaban J connectivity index is 0.00000576. The van der Waals surface area contributed by atoms with Crippen LogP contribution in [0.4, 0.5) is 0 Å². The summed E-state index contributed by atoms with van der Waals surface area (Å²) in [6, 6.07) is 7.95. The second-order valence-corrected chi connectivity index (χ2v) is 5.88. The molecule has 25 heavy (non-hydrogen) atoms. The molecule has 6 nitrogen and oxygen atoms in total. The van der Waals surface area contributed by atoms with Gasteiger partial charge in [-0.2, -0.15) is 0 Å². The molecule has 2 N–H and O–H groups in total. The van der Waals surface area contributed by atoms with Crippen molar-refractivity contribution in [3.63, 3.8) is 0 Å². The van der Waals surface area contributed by atoms with Gasteiger partial charge in [0.05, 0.1) is 6.54 Å². The van der Waals surface area contributed by atoms with Crippen molar-refractivity contribution < 1.29 is 9.53 Å². The van der Waals surface area contributed by atoms with Gasteiger partial charge in [-0.1, -0.05) is 18.2 Å². The fraction of sp³-hybridized carbons (Fsp3) is 0.556. The van der Waals surface area contributed by atoms with Gasteiger partial charge >= 0.3 is 0 Å². The van der Waals surface area contributed by atoms with Gasteiger partial charge in [0.15, 0.2) is 5.96 Å². The number of hydrogen-bond acceptors (Lipinski definition) is 3. The van der Waals surface area contributed by atoms with E-state index in [1.54, 1.807) is 19.0 Å². The molecule has 0 radical (unpaired) electrons. The maximum absolute atomic E-state index is 11.6. The predicted molar refractivity (Wildman–Crippen MR) is 114 cm³/mol. The molecule has 0 aliphatic rings. The molecule has 0 aliphatic heterocycles. The third kappa shape index (κ3) is 9.52. The summed E-state index contributed by atoms with van der Waals surface area (Å²) in [4.78, 5) is 17.7. The number of hydrogen-bond donors (Lipinski definition) is 2. The van der Waals surface area contributed by atoms with Gasteiger partial charge in [-0.05, 0) is 32.4 Å². The van der Waals surface area contributed by atoms with Gasteiger partial charge in [0.1, 0.15) is 11.9 Å². The summed E-state index contributed by atoms with van der Waals surface area (Å²) in [5, 5.41) is 6.35. The maximum atomic E-state index is 11.6. The molecule has 0 aliphatic carbocycles. The summed E-state index contributed by atoms with van der Waals surface area (Å²) in [6.07, 6.45) is 0.400. The normalized spacial score (nSPS) is 12.0. The fourth-order valence-corrected chi connectivity index (χ4v) is 2.02. The van der Waals surface area contributed by atoms with Crippen molar-refractivity contribution in [1.82, 2.24) is 15.5 Å². The zero-order valence-corrected chi connectivity index (χ0v) is 18.2. The van der Waals surface area contributed by atoms with Gasteiger partial charge in [0, 0.05) is 33.6 Å². The number of guanidine groups is 1. The third-order valence-electron chi connectivity index (χ3n) is 3.40. The second kappa shape index (κ2) is 12.8. The van der Waals surface area contributed by atoms with Gasteiger partial charge in [-0.3, -0.25) is 4.79 Å². The van der Waals surface area contributed by atoms with E-state index in [2.05, 4.69) is 15.6 Å². The summed E-state index contributed by atoms with van der Waals surface area (Å²) >= 11 is 0. The summed E-state index contributed by atoms with van der Waals surface area (Å²) in [7, 11) is 3.51. The molecule has 0 aromatic heterocycles. The number of aliphatic imine (C=N–C) groups is 1. The SMILES string of the molecule is CCNC(=NCC(C)Oc1ccccc1C)NCCC(=O)N(C)C.I. The molecule has 1 atom stereocenters. The zero-order chi connectivity index (χ0) is 17.9. The maximum Gasteiger partial charge on any atom is 0.223 e. The van der Waals surface area contributed by atoms with Gasteiger partial charge in [0.25, 0.3) is 0 Å². The lowest BCUT2D eigenvalue weighted by atomic mass is 10.2. The minimum atomic E-state index is -0.0371. The largest absolute Gasteiger partial charge is 0.489 e. The van der Waals surface area contributed by atoms with Crippen LogP contribution in [0, 0.1) is 6.92 Å². The Morgan fingerprint density at radius 3 is 2.56 bits per heavy atom. The Labute approximate surface area is 168 Å². The van der Waals surface area contributed by atoms with Crippen LogP contribution in [0.3, 0.4) is 0 Å². The summed E-state index contributed by atoms with van der Waals surface area (Å²) in [5.41, 5.74) is 1.11. The van der Waals surface area contributed by atoms with E-state index in [0.29, 0.717) is 25.5 Å². The van der Waals surface area contributed by atoms with Crippen LogP contribution >= 0.6 is 24.0 Å². The van der Waals surface area contributed by atoms with Crippen LogP contribution in [-0.2, 0) is 4.79 Å². The number of halogens is 1. The lowest BCUT2D eigenvalue weighted by Gasteiger charge is -2.16. The molecule has 1 aromatic rings. The molecule has 0 heterocycles. The lowest BCUT2D eigenvalue weighted by molar-refractivity contribution is -0.128. The topological polar surface area (TPSA) is 66.0 Å². The van der Waals surface area contributed by atoms with Crippen LogP contribution < -0.4 is 15.4 Å². The molecule has 0 saturated heterocycles. The zero-order valence-electron chi connectivity index (χ0n) is 15.8. The summed E-state index contributed by atoms with van der Waals surface area (Å²) < 4.78 is 5.92. The highest BCUT2D eigenvalue weighted by molar-refractivity contribution is 14.0. The molecule has 1 aromatic carbocycles. The fourth-order valence-electron chi connectivity index (χ4n) is 2.02. The Kier molecular flexibility index (Phi) is 12.0. The van der Waals surface area contributed by atoms with Crippen LogP contribution in [0.25, 0.3) is 0 Å². The van der Waals surface area contributed by atoms with Crippen molar-refractivity contribution >= 4 is 35.8 Å². The van der Waals surface area contributed by atoms with Gasteiger partial charge < -0.3 is 20.3 Å². The van der Waals surface area contributed by atoms with E-state index in [1.165, 1.54) is 0 Å². The molecular weight excluding hydrogens is 431 g/mol. The molecular formula is C18H31IN4O2. The Hall–Kier alpha value is -1.51. The Bertz CT molecular complexity index is 550. The molecule has 0 spiro atoms. The van der Waals surface area contributed by atoms with E-state index in [4.69, 9.17) is 4.74 Å². The van der Waals surface area contributed by atoms with Crippen LogP contribution in [0.1, 0.15) is 25.8 Å². The minimum Gasteiger partial charge on any atom is -0.489 e. The van der Waals surface area contributed by atoms with Crippen LogP contribution in [0.5, 0.6) is 5.75 Å². The molecule has 1 unspecified atom stereocenters. The van der Waals surface area contributed by atoms with Crippen LogP contribution in [0.2, 0.25) is 0 Å². The number of carbonyl (C=O) groups excluding carboxylic acids is 1. The number of rotatable bonds is 8. The smallest absolute Gasteiger partial charge is 0.223 e. The Morgan fingerprint density at radius 1 is 1.28 bits per heavy atom. The first-order chi connectivity index (χ1) is 11.4. The minimum absolute atomic E-state index is 0. The van der Waals surface area contributed by atoms with Crippen LogP contribution in [0.15, 0.2) is 29.3 Å². The van der Waals surface area contributed by atoms with Crippen molar-refractivity contribution in [3.05, 3.63) is 29.8 Å². The highest BCUT2D eigenvalue weighted by Gasteiger charge is 2.07. The monoisotopic (exact) mass is 462 g/mol. The molecule has 1 amide bonds. The van der Waals surface area contributed by atoms with E-state index < -0.39 is 0 Å². The van der Waals surface area contributed by atoms with Crippen molar-refractivity contribution in [1.29, 1.82) is 0 Å². The Morgan fingerprint density at radius 2 is 1.96 bits per heavy atom. The van der Waals surface area contributed by atoms with E-state index in [0.717, 1.165) is 17.9 Å². The van der Waals surface area contributed by atoms with E-state index in [-0.39, 0.29) is 36.0 Å². The number of nitrogens with one attached hydrogen (secondary N) is 2. The van der Waals surface area contributed by atoms with E-state index in [1.807, 2.05) is 45.0 Å². The number of para-hydroxylation sites is 1. The van der Waals surface area contributed by atoms with Gasteiger partial charge in [-0.25, -0.2) is 4.99 Å². The number of aryl methyl sites for hydroxylation is 1. The second-order valence-electron chi connectivity index (χ2n) is 5.88. The summed E-state index contributed by atoms with van der Waals surface area (Å²) in [5.74, 6) is 1.67. The summed E-state index contributed by atoms with van der Waals surface area (Å²) in [6.45, 7) is 7.88. The molecule has 7 heteroatoms. The van der Waals surface area contributed by atoms with Crippen molar-refractivity contribution in [2.45, 2.75) is 33.3 Å². The first-order valence-corrected chi connectivity index (χ1v) is 8.38. The average molecular weight is 462 g/mol. The van der Waals surface area contributed by atoms with Crippen molar-refractivity contribution in [2.75, 3.05) is 33.7 Å². The number of benzene rings is 1. The molecule has 142 valence electrons. The first-order valence-electron chi connectivity index (χ1n) is 8.38. The standard InChI is InChI=1S/C18H30N4O2.HI/c1-6-19-18(20-12-11-17(23)22(4)5)21-13-15(3)24-16-10-8-7-9-14(16)2;/h7-10,15H,6,11-13H2,1-5H3,(H2,19,20,21);1H. The molecule has 0 fully saturated rings. The highest BCUT2D eigenvalue weighted by atomic mass is 127. The van der Waals surface area contributed by atoms with Crippen molar-refractivity contribution in [2.24, 2.45) is 4.99 Å². The highest BCUT2D eigenvalue weighted by Crippen LogP contribution is 2.17. The van der Waals surface area contributed by atoms with E-state index >= 15 is 0 Å². The van der Waals surface area contributed by atoms with Gasteiger partial charge in [-0.15, -0.1) is 24.0 Å². The number of ether oxygens (including phenoxy) is 1. The van der Waals surface area contributed by atoms with E-state index in [9.17, 15) is 4.79 Å². The lowest BCUT2D eigenvalue weighted by Crippen LogP contribution is -2.39.